The molecule has 0 saturated carbocycles. The quantitative estimate of drug-likeness (QED) is 0.785. The summed E-state index contributed by atoms with van der Waals surface area (Å²) < 4.78 is 0. The molecule has 1 heterocycles. The zero-order valence-corrected chi connectivity index (χ0v) is 15.1. The van der Waals surface area contributed by atoms with Crippen molar-refractivity contribution in [1.82, 2.24) is 5.43 Å². The fourth-order valence-corrected chi connectivity index (χ4v) is 2.99. The van der Waals surface area contributed by atoms with E-state index < -0.39 is 0 Å². The number of hydrogen-bond donors (Lipinski definition) is 3. The number of rotatable bonds is 3. The van der Waals surface area contributed by atoms with E-state index in [1.807, 2.05) is 69.3 Å². The van der Waals surface area contributed by atoms with Crippen molar-refractivity contribution in [2.75, 3.05) is 10.6 Å². The molecular weight excluding hydrogens is 328 g/mol. The van der Waals surface area contributed by atoms with E-state index in [-0.39, 0.29) is 17.4 Å². The van der Waals surface area contributed by atoms with E-state index in [0.29, 0.717) is 12.1 Å². The maximum atomic E-state index is 12.3. The Morgan fingerprint density at radius 3 is 2.62 bits per heavy atom. The molecule has 2 aromatic rings. The number of nitrogens with one attached hydrogen (secondary N) is 3. The van der Waals surface area contributed by atoms with Crippen LogP contribution in [0.4, 0.5) is 16.2 Å². The molecule has 26 heavy (non-hydrogen) atoms. The molecule has 0 saturated heterocycles. The van der Waals surface area contributed by atoms with Gasteiger partial charge in [0.1, 0.15) is 0 Å². The molecule has 0 bridgehead atoms. The lowest BCUT2D eigenvalue weighted by Crippen LogP contribution is -2.39. The van der Waals surface area contributed by atoms with Gasteiger partial charge in [0, 0.05) is 28.8 Å². The highest BCUT2D eigenvalue weighted by Gasteiger charge is 2.33. The van der Waals surface area contributed by atoms with Crippen LogP contribution in [0.25, 0.3) is 0 Å². The molecular formula is C20H22N4O2. The number of urea groups is 1. The number of aryl methyl sites for hydroxylation is 1. The normalized spacial score (nSPS) is 15.7. The van der Waals surface area contributed by atoms with Crippen LogP contribution in [-0.2, 0) is 4.79 Å². The van der Waals surface area contributed by atoms with Gasteiger partial charge in [-0.1, -0.05) is 44.2 Å². The number of nitrogens with zero attached hydrogens (tertiary/aromatic N) is 1. The predicted octanol–water partition coefficient (Wildman–Crippen LogP) is 3.89. The molecule has 2 aromatic carbocycles. The Morgan fingerprint density at radius 1 is 1.12 bits per heavy atom. The van der Waals surface area contributed by atoms with E-state index in [1.165, 1.54) is 0 Å². The minimum atomic E-state index is -0.371. The third-order valence-corrected chi connectivity index (χ3v) is 4.32. The van der Waals surface area contributed by atoms with Gasteiger partial charge in [-0.25, -0.2) is 10.2 Å². The van der Waals surface area contributed by atoms with E-state index in [9.17, 15) is 9.59 Å². The Labute approximate surface area is 152 Å². The lowest BCUT2D eigenvalue weighted by molar-refractivity contribution is -0.122. The topological polar surface area (TPSA) is 82.6 Å². The second-order valence-electron chi connectivity index (χ2n) is 7.03. The van der Waals surface area contributed by atoms with Crippen LogP contribution in [0.1, 0.15) is 31.4 Å². The highest BCUT2D eigenvalue weighted by Crippen LogP contribution is 2.30. The van der Waals surface area contributed by atoms with Gasteiger partial charge in [0.25, 0.3) is 0 Å². The van der Waals surface area contributed by atoms with Crippen LogP contribution in [0.5, 0.6) is 0 Å². The summed E-state index contributed by atoms with van der Waals surface area (Å²) in [7, 11) is 0. The molecule has 6 heteroatoms. The van der Waals surface area contributed by atoms with E-state index >= 15 is 0 Å². The van der Waals surface area contributed by atoms with E-state index in [1.54, 1.807) is 0 Å². The van der Waals surface area contributed by atoms with Gasteiger partial charge >= 0.3 is 6.03 Å². The maximum absolute atomic E-state index is 12.3. The van der Waals surface area contributed by atoms with Crippen molar-refractivity contribution in [3.8, 4) is 0 Å². The van der Waals surface area contributed by atoms with Crippen molar-refractivity contribution in [2.45, 2.75) is 27.2 Å². The first kappa shape index (κ1) is 17.7. The Bertz CT molecular complexity index is 887. The molecule has 6 nitrogen and oxygen atoms in total. The van der Waals surface area contributed by atoms with Crippen molar-refractivity contribution >= 4 is 29.0 Å². The highest BCUT2D eigenvalue weighted by atomic mass is 16.2. The number of carbonyl (C=O) groups excluding carboxylic acids is 2. The van der Waals surface area contributed by atoms with Gasteiger partial charge in [-0.3, -0.25) is 4.79 Å². The smallest absolute Gasteiger partial charge is 0.308 e. The molecule has 0 radical (unpaired) electrons. The van der Waals surface area contributed by atoms with Crippen molar-refractivity contribution in [2.24, 2.45) is 10.5 Å². The first-order valence-corrected chi connectivity index (χ1v) is 8.46. The summed E-state index contributed by atoms with van der Waals surface area (Å²) in [5.41, 5.74) is 6.23. The van der Waals surface area contributed by atoms with Crippen molar-refractivity contribution in [3.63, 3.8) is 0 Å². The standard InChI is InChI=1S/C20H22N4O2/c1-13-7-4-5-10-16(13)22-19(26)21-15-9-6-8-14(11-15)18-20(2,3)12-17(25)23-24-18/h4-11H,12H2,1-3H3,(H,23,25)(H2,21,22,26). The Morgan fingerprint density at radius 2 is 1.88 bits per heavy atom. The Hall–Kier alpha value is -3.15. The van der Waals surface area contributed by atoms with E-state index in [0.717, 1.165) is 22.5 Å². The number of amides is 3. The number of benzene rings is 2. The molecule has 0 spiro atoms. The number of para-hydroxylation sites is 1. The molecule has 0 aliphatic carbocycles. The average molecular weight is 350 g/mol. The SMILES string of the molecule is Cc1ccccc1NC(=O)Nc1cccc(C2=NNC(=O)CC2(C)C)c1. The zero-order valence-electron chi connectivity index (χ0n) is 15.1. The number of anilines is 2. The molecule has 0 fully saturated rings. The molecule has 3 rings (SSSR count). The average Bonchev–Trinajstić information content (AvgIpc) is 2.56. The fourth-order valence-electron chi connectivity index (χ4n) is 2.99. The van der Waals surface area contributed by atoms with Gasteiger partial charge in [-0.05, 0) is 30.7 Å². The van der Waals surface area contributed by atoms with Gasteiger partial charge in [0.15, 0.2) is 0 Å². The number of carbonyl (C=O) groups is 2. The first-order chi connectivity index (χ1) is 12.3. The Balaban J connectivity index is 1.77. The molecule has 3 amide bonds. The molecule has 0 atom stereocenters. The lowest BCUT2D eigenvalue weighted by atomic mass is 9.79. The highest BCUT2D eigenvalue weighted by molar-refractivity contribution is 6.09. The second-order valence-corrected chi connectivity index (χ2v) is 7.03. The van der Waals surface area contributed by atoms with Crippen LogP contribution in [-0.4, -0.2) is 17.6 Å². The van der Waals surface area contributed by atoms with Gasteiger partial charge in [-0.2, -0.15) is 5.10 Å². The second kappa shape index (κ2) is 7.00. The summed E-state index contributed by atoms with van der Waals surface area (Å²) in [5, 5.41) is 9.91. The molecule has 3 N–H and O–H groups in total. The summed E-state index contributed by atoms with van der Waals surface area (Å²) in [4.78, 5) is 23.9. The lowest BCUT2D eigenvalue weighted by Gasteiger charge is -2.29. The van der Waals surface area contributed by atoms with Crippen LogP contribution in [0, 0.1) is 12.3 Å². The first-order valence-electron chi connectivity index (χ1n) is 8.46. The predicted molar refractivity (Wildman–Crippen MR) is 103 cm³/mol. The zero-order chi connectivity index (χ0) is 18.7. The number of hydrazone groups is 1. The molecule has 0 unspecified atom stereocenters. The third kappa shape index (κ3) is 3.91. The van der Waals surface area contributed by atoms with E-state index in [2.05, 4.69) is 21.2 Å². The van der Waals surface area contributed by atoms with Gasteiger partial charge in [0.2, 0.25) is 5.91 Å². The summed E-state index contributed by atoms with van der Waals surface area (Å²) in [6.45, 7) is 5.90. The molecule has 1 aliphatic rings. The maximum Gasteiger partial charge on any atom is 0.323 e. The van der Waals surface area contributed by atoms with Crippen molar-refractivity contribution in [1.29, 1.82) is 0 Å². The van der Waals surface area contributed by atoms with Gasteiger partial charge in [-0.15, -0.1) is 0 Å². The monoisotopic (exact) mass is 350 g/mol. The Kier molecular flexibility index (Phi) is 4.75. The molecule has 0 aromatic heterocycles. The minimum absolute atomic E-state index is 0.0920. The van der Waals surface area contributed by atoms with Gasteiger partial charge in [0.05, 0.1) is 5.71 Å². The van der Waals surface area contributed by atoms with Crippen LogP contribution in [0.2, 0.25) is 0 Å². The van der Waals surface area contributed by atoms with Crippen LogP contribution < -0.4 is 16.1 Å². The summed E-state index contributed by atoms with van der Waals surface area (Å²) in [6.07, 6.45) is 0.372. The summed E-state index contributed by atoms with van der Waals surface area (Å²) >= 11 is 0. The van der Waals surface area contributed by atoms with Crippen LogP contribution in [0.3, 0.4) is 0 Å². The number of hydrogen-bond acceptors (Lipinski definition) is 3. The third-order valence-electron chi connectivity index (χ3n) is 4.32. The largest absolute Gasteiger partial charge is 0.323 e. The van der Waals surface area contributed by atoms with E-state index in [4.69, 9.17) is 0 Å². The van der Waals surface area contributed by atoms with Crippen molar-refractivity contribution in [3.05, 3.63) is 59.7 Å². The van der Waals surface area contributed by atoms with Gasteiger partial charge < -0.3 is 10.6 Å². The summed E-state index contributed by atoms with van der Waals surface area (Å²) in [5.74, 6) is -0.0920. The van der Waals surface area contributed by atoms with Crippen LogP contribution in [0.15, 0.2) is 53.6 Å². The molecule has 1 aliphatic heterocycles. The van der Waals surface area contributed by atoms with Crippen LogP contribution >= 0.6 is 0 Å². The molecule has 134 valence electrons. The fraction of sp³-hybridized carbons (Fsp3) is 0.250. The summed E-state index contributed by atoms with van der Waals surface area (Å²) in [6, 6.07) is 14.7. The van der Waals surface area contributed by atoms with Crippen molar-refractivity contribution < 1.29 is 9.59 Å². The minimum Gasteiger partial charge on any atom is -0.308 e.